The van der Waals surface area contributed by atoms with Crippen molar-refractivity contribution in [1.29, 1.82) is 0 Å². The van der Waals surface area contributed by atoms with Gasteiger partial charge in [-0.1, -0.05) is 19.9 Å². The van der Waals surface area contributed by atoms with Crippen LogP contribution in [-0.4, -0.2) is 28.5 Å². The zero-order chi connectivity index (χ0) is 14.2. The molecule has 1 aliphatic rings. The monoisotopic (exact) mass is 272 g/mol. The summed E-state index contributed by atoms with van der Waals surface area (Å²) in [7, 11) is 0. The molecule has 1 amide bonds. The van der Waals surface area contributed by atoms with Gasteiger partial charge in [0.15, 0.2) is 0 Å². The highest BCUT2D eigenvalue weighted by Crippen LogP contribution is 2.25. The SMILES string of the molecule is CC(C)c1cnc2c(c1)CC(=O)N(CC(F)(F)F)C2. The van der Waals surface area contributed by atoms with Crippen molar-refractivity contribution < 1.29 is 18.0 Å². The molecule has 0 unspecified atom stereocenters. The van der Waals surface area contributed by atoms with Crippen LogP contribution in [0.3, 0.4) is 0 Å². The van der Waals surface area contributed by atoms with Crippen molar-refractivity contribution in [3.05, 3.63) is 29.1 Å². The first kappa shape index (κ1) is 13.8. The van der Waals surface area contributed by atoms with E-state index in [0.29, 0.717) is 5.69 Å². The van der Waals surface area contributed by atoms with Gasteiger partial charge in [0.25, 0.3) is 0 Å². The smallest absolute Gasteiger partial charge is 0.327 e. The van der Waals surface area contributed by atoms with Crippen molar-refractivity contribution >= 4 is 5.91 Å². The van der Waals surface area contributed by atoms with Gasteiger partial charge < -0.3 is 4.90 Å². The van der Waals surface area contributed by atoms with Crippen LogP contribution < -0.4 is 0 Å². The average molecular weight is 272 g/mol. The molecule has 0 aromatic carbocycles. The summed E-state index contributed by atoms with van der Waals surface area (Å²) in [6, 6.07) is 1.87. The Morgan fingerprint density at radius 3 is 2.68 bits per heavy atom. The molecule has 1 aromatic heterocycles. The summed E-state index contributed by atoms with van der Waals surface area (Å²) in [4.78, 5) is 16.7. The van der Waals surface area contributed by atoms with Gasteiger partial charge >= 0.3 is 6.18 Å². The lowest BCUT2D eigenvalue weighted by molar-refractivity contribution is -0.163. The van der Waals surface area contributed by atoms with Gasteiger partial charge in [-0.15, -0.1) is 0 Å². The highest BCUT2D eigenvalue weighted by Gasteiger charge is 2.35. The van der Waals surface area contributed by atoms with Crippen LogP contribution in [0.5, 0.6) is 0 Å². The number of carbonyl (C=O) groups excluding carboxylic acids is 1. The highest BCUT2D eigenvalue weighted by molar-refractivity contribution is 5.80. The molecule has 0 saturated heterocycles. The van der Waals surface area contributed by atoms with Crippen LogP contribution in [0.25, 0.3) is 0 Å². The zero-order valence-electron chi connectivity index (χ0n) is 10.8. The normalized spacial score (nSPS) is 15.9. The minimum Gasteiger partial charge on any atom is -0.327 e. The van der Waals surface area contributed by atoms with E-state index in [1.165, 1.54) is 0 Å². The molecule has 0 saturated carbocycles. The first-order valence-electron chi connectivity index (χ1n) is 6.08. The minimum absolute atomic E-state index is 0.00102. The lowest BCUT2D eigenvalue weighted by atomic mass is 9.98. The fourth-order valence-corrected chi connectivity index (χ4v) is 2.07. The van der Waals surface area contributed by atoms with E-state index in [-0.39, 0.29) is 18.9 Å². The van der Waals surface area contributed by atoms with Crippen LogP contribution in [0.1, 0.15) is 36.6 Å². The van der Waals surface area contributed by atoms with E-state index >= 15 is 0 Å². The van der Waals surface area contributed by atoms with E-state index in [9.17, 15) is 18.0 Å². The molecule has 0 fully saturated rings. The van der Waals surface area contributed by atoms with Crippen molar-refractivity contribution in [2.45, 2.75) is 38.9 Å². The molecule has 104 valence electrons. The molecule has 2 rings (SSSR count). The number of alkyl halides is 3. The van der Waals surface area contributed by atoms with E-state index < -0.39 is 18.6 Å². The third kappa shape index (κ3) is 3.24. The Kier molecular flexibility index (Phi) is 3.52. The fraction of sp³-hybridized carbons (Fsp3) is 0.538. The molecule has 0 aliphatic carbocycles. The van der Waals surface area contributed by atoms with Crippen molar-refractivity contribution in [3.8, 4) is 0 Å². The molecule has 0 bridgehead atoms. The second kappa shape index (κ2) is 4.83. The third-order valence-corrected chi connectivity index (χ3v) is 3.15. The molecule has 0 radical (unpaired) electrons. The molecule has 2 heterocycles. The molecular weight excluding hydrogens is 257 g/mol. The highest BCUT2D eigenvalue weighted by atomic mass is 19.4. The number of nitrogens with zero attached hydrogens (tertiary/aromatic N) is 2. The summed E-state index contributed by atoms with van der Waals surface area (Å²) in [6.07, 6.45) is -2.70. The Balaban J connectivity index is 2.22. The molecule has 0 spiro atoms. The molecule has 1 aromatic rings. The van der Waals surface area contributed by atoms with Gasteiger partial charge in [-0.3, -0.25) is 9.78 Å². The lowest BCUT2D eigenvalue weighted by Gasteiger charge is -2.29. The molecule has 0 atom stereocenters. The number of amides is 1. The predicted octanol–water partition coefficient (Wildman–Crippen LogP) is 2.65. The maximum Gasteiger partial charge on any atom is 0.406 e. The number of hydrogen-bond donors (Lipinski definition) is 0. The van der Waals surface area contributed by atoms with Crippen LogP contribution in [0.15, 0.2) is 12.3 Å². The number of carbonyl (C=O) groups is 1. The second-order valence-corrected chi connectivity index (χ2v) is 5.07. The number of rotatable bonds is 2. The lowest BCUT2D eigenvalue weighted by Crippen LogP contribution is -2.42. The Morgan fingerprint density at radius 2 is 2.11 bits per heavy atom. The number of halogens is 3. The van der Waals surface area contributed by atoms with E-state index in [0.717, 1.165) is 16.0 Å². The largest absolute Gasteiger partial charge is 0.406 e. The van der Waals surface area contributed by atoms with Crippen LogP contribution in [0.2, 0.25) is 0 Å². The second-order valence-electron chi connectivity index (χ2n) is 5.07. The van der Waals surface area contributed by atoms with Crippen molar-refractivity contribution in [3.63, 3.8) is 0 Å². The van der Waals surface area contributed by atoms with Crippen molar-refractivity contribution in [2.75, 3.05) is 6.54 Å². The van der Waals surface area contributed by atoms with E-state index in [1.807, 2.05) is 19.9 Å². The number of aromatic nitrogens is 1. The van der Waals surface area contributed by atoms with Crippen LogP contribution in [0.4, 0.5) is 13.2 Å². The van der Waals surface area contributed by atoms with Crippen LogP contribution in [-0.2, 0) is 17.8 Å². The fourth-order valence-electron chi connectivity index (χ4n) is 2.07. The van der Waals surface area contributed by atoms with Gasteiger partial charge in [0, 0.05) is 6.20 Å². The maximum atomic E-state index is 12.3. The zero-order valence-corrected chi connectivity index (χ0v) is 10.8. The average Bonchev–Trinajstić information content (AvgIpc) is 2.27. The Bertz CT molecular complexity index is 497. The summed E-state index contributed by atoms with van der Waals surface area (Å²) < 4.78 is 37.0. The topological polar surface area (TPSA) is 33.2 Å². The molecular formula is C13H15F3N2O. The van der Waals surface area contributed by atoms with Gasteiger partial charge in [0.05, 0.1) is 18.7 Å². The Hall–Kier alpha value is -1.59. The van der Waals surface area contributed by atoms with Crippen molar-refractivity contribution in [2.24, 2.45) is 0 Å². The van der Waals surface area contributed by atoms with Gasteiger partial charge in [-0.2, -0.15) is 13.2 Å². The summed E-state index contributed by atoms with van der Waals surface area (Å²) >= 11 is 0. The van der Waals surface area contributed by atoms with E-state index in [4.69, 9.17) is 0 Å². The van der Waals surface area contributed by atoms with E-state index in [2.05, 4.69) is 4.98 Å². The van der Waals surface area contributed by atoms with Crippen LogP contribution >= 0.6 is 0 Å². The molecule has 6 heteroatoms. The predicted molar refractivity (Wildman–Crippen MR) is 63.5 cm³/mol. The number of fused-ring (bicyclic) bond motifs is 1. The van der Waals surface area contributed by atoms with Gasteiger partial charge in [-0.05, 0) is 17.0 Å². The maximum absolute atomic E-state index is 12.3. The van der Waals surface area contributed by atoms with Gasteiger partial charge in [-0.25, -0.2) is 0 Å². The summed E-state index contributed by atoms with van der Waals surface area (Å²) in [5.74, 6) is -0.214. The molecule has 3 nitrogen and oxygen atoms in total. The molecule has 0 N–H and O–H groups in total. The number of pyridine rings is 1. The molecule has 19 heavy (non-hydrogen) atoms. The Morgan fingerprint density at radius 1 is 1.42 bits per heavy atom. The van der Waals surface area contributed by atoms with Gasteiger partial charge in [0.2, 0.25) is 5.91 Å². The molecule has 1 aliphatic heterocycles. The summed E-state index contributed by atoms with van der Waals surface area (Å²) in [6.45, 7) is 2.74. The standard InChI is InChI=1S/C13H15F3N2O/c1-8(2)10-3-9-4-12(19)18(7-13(14,15)16)6-11(9)17-5-10/h3,5,8H,4,6-7H2,1-2H3. The van der Waals surface area contributed by atoms with Gasteiger partial charge in [0.1, 0.15) is 6.54 Å². The summed E-state index contributed by atoms with van der Waals surface area (Å²) in [5.41, 5.74) is 2.30. The van der Waals surface area contributed by atoms with Crippen molar-refractivity contribution in [1.82, 2.24) is 9.88 Å². The quantitative estimate of drug-likeness (QED) is 0.829. The third-order valence-electron chi connectivity index (χ3n) is 3.15. The minimum atomic E-state index is -4.37. The first-order chi connectivity index (χ1) is 8.76. The van der Waals surface area contributed by atoms with Crippen LogP contribution in [0, 0.1) is 0 Å². The Labute approximate surface area is 109 Å². The van der Waals surface area contributed by atoms with E-state index in [1.54, 1.807) is 6.20 Å². The summed E-state index contributed by atoms with van der Waals surface area (Å²) in [5, 5.41) is 0. The first-order valence-corrected chi connectivity index (χ1v) is 6.08. The number of hydrogen-bond acceptors (Lipinski definition) is 2.